The van der Waals surface area contributed by atoms with E-state index in [2.05, 4.69) is 4.72 Å². The number of hydrogen-bond donors (Lipinski definition) is 1. The lowest BCUT2D eigenvalue weighted by Gasteiger charge is -2.18. The Balaban J connectivity index is 2.15. The third-order valence-electron chi connectivity index (χ3n) is 3.55. The maximum Gasteiger partial charge on any atom is 0.216 e. The second kappa shape index (κ2) is 7.67. The Kier molecular flexibility index (Phi) is 6.09. The molecular weight excluding hydrogens is 353 g/mol. The SMILES string of the molecule is CC[C@H](NS(=O)(=O)Cc1ccc(Cl)c(Cl)c1)c1ccc(C)cc1. The number of nitrogens with one attached hydrogen (secondary N) is 1. The number of halogens is 2. The quantitative estimate of drug-likeness (QED) is 0.786. The first kappa shape index (κ1) is 18.3. The van der Waals surface area contributed by atoms with E-state index in [1.165, 1.54) is 0 Å². The van der Waals surface area contributed by atoms with Crippen molar-refractivity contribution in [3.8, 4) is 0 Å². The van der Waals surface area contributed by atoms with Gasteiger partial charge in [-0.25, -0.2) is 13.1 Å². The van der Waals surface area contributed by atoms with Gasteiger partial charge in [0.2, 0.25) is 10.0 Å². The summed E-state index contributed by atoms with van der Waals surface area (Å²) >= 11 is 11.8. The first-order chi connectivity index (χ1) is 10.8. The van der Waals surface area contributed by atoms with Gasteiger partial charge >= 0.3 is 0 Å². The Morgan fingerprint density at radius 2 is 1.70 bits per heavy atom. The summed E-state index contributed by atoms with van der Waals surface area (Å²) in [6, 6.07) is 12.5. The predicted molar refractivity (Wildman–Crippen MR) is 96.4 cm³/mol. The van der Waals surface area contributed by atoms with Crippen molar-refractivity contribution < 1.29 is 8.42 Å². The summed E-state index contributed by atoms with van der Waals surface area (Å²) < 4.78 is 27.6. The number of rotatable bonds is 6. The molecule has 0 aliphatic carbocycles. The lowest BCUT2D eigenvalue weighted by molar-refractivity contribution is 0.549. The highest BCUT2D eigenvalue weighted by Crippen LogP contribution is 2.24. The predicted octanol–water partition coefficient (Wildman–Crippen LogP) is 4.87. The van der Waals surface area contributed by atoms with E-state index in [0.29, 0.717) is 22.0 Å². The van der Waals surface area contributed by atoms with Gasteiger partial charge in [-0.15, -0.1) is 0 Å². The number of aryl methyl sites for hydroxylation is 1. The normalized spacial score (nSPS) is 13.0. The highest BCUT2D eigenvalue weighted by atomic mass is 35.5. The van der Waals surface area contributed by atoms with Crippen LogP contribution in [0.2, 0.25) is 10.0 Å². The molecule has 0 spiro atoms. The van der Waals surface area contributed by atoms with Gasteiger partial charge in [-0.3, -0.25) is 0 Å². The highest BCUT2D eigenvalue weighted by Gasteiger charge is 2.19. The molecule has 0 unspecified atom stereocenters. The Labute approximate surface area is 147 Å². The molecule has 1 atom stereocenters. The summed E-state index contributed by atoms with van der Waals surface area (Å²) in [5, 5.41) is 0.761. The first-order valence-corrected chi connectivity index (χ1v) is 9.72. The highest BCUT2D eigenvalue weighted by molar-refractivity contribution is 7.88. The molecule has 0 amide bonds. The molecular formula is C17H19Cl2NO2S. The molecule has 0 bridgehead atoms. The molecule has 0 radical (unpaired) electrons. The molecule has 124 valence electrons. The molecule has 0 fully saturated rings. The molecule has 2 aromatic carbocycles. The molecule has 23 heavy (non-hydrogen) atoms. The number of hydrogen-bond acceptors (Lipinski definition) is 2. The minimum Gasteiger partial charge on any atom is -0.212 e. The van der Waals surface area contributed by atoms with Crippen LogP contribution in [0.15, 0.2) is 42.5 Å². The van der Waals surface area contributed by atoms with E-state index < -0.39 is 10.0 Å². The monoisotopic (exact) mass is 371 g/mol. The lowest BCUT2D eigenvalue weighted by Crippen LogP contribution is -2.29. The van der Waals surface area contributed by atoms with E-state index >= 15 is 0 Å². The van der Waals surface area contributed by atoms with Gasteiger partial charge in [-0.1, -0.05) is 66.0 Å². The van der Waals surface area contributed by atoms with E-state index in [1.54, 1.807) is 18.2 Å². The van der Waals surface area contributed by atoms with Crippen LogP contribution in [0.5, 0.6) is 0 Å². The molecule has 3 nitrogen and oxygen atoms in total. The fraction of sp³-hybridized carbons (Fsp3) is 0.294. The average molecular weight is 372 g/mol. The maximum absolute atomic E-state index is 12.4. The molecule has 2 aromatic rings. The fourth-order valence-corrected chi connectivity index (χ4v) is 4.05. The van der Waals surface area contributed by atoms with E-state index in [9.17, 15) is 8.42 Å². The van der Waals surface area contributed by atoms with Gasteiger partial charge in [0.15, 0.2) is 0 Å². The maximum atomic E-state index is 12.4. The van der Waals surface area contributed by atoms with Gasteiger partial charge < -0.3 is 0 Å². The smallest absolute Gasteiger partial charge is 0.212 e. The molecule has 0 saturated carbocycles. The van der Waals surface area contributed by atoms with Crippen molar-refractivity contribution in [3.05, 3.63) is 69.2 Å². The van der Waals surface area contributed by atoms with Crippen LogP contribution in [-0.4, -0.2) is 8.42 Å². The van der Waals surface area contributed by atoms with Gasteiger partial charge in [-0.2, -0.15) is 0 Å². The van der Waals surface area contributed by atoms with Crippen molar-refractivity contribution in [1.29, 1.82) is 0 Å². The van der Waals surface area contributed by atoms with Gasteiger partial charge in [-0.05, 0) is 36.6 Å². The summed E-state index contributed by atoms with van der Waals surface area (Å²) in [5.74, 6) is -0.133. The van der Waals surface area contributed by atoms with Crippen molar-refractivity contribution in [2.45, 2.75) is 32.1 Å². The Morgan fingerprint density at radius 1 is 1.04 bits per heavy atom. The van der Waals surface area contributed by atoms with Gasteiger partial charge in [0.25, 0.3) is 0 Å². The van der Waals surface area contributed by atoms with Crippen LogP contribution >= 0.6 is 23.2 Å². The summed E-state index contributed by atoms with van der Waals surface area (Å²) in [4.78, 5) is 0. The molecule has 0 heterocycles. The van der Waals surface area contributed by atoms with Crippen LogP contribution in [0.3, 0.4) is 0 Å². The Bertz CT molecular complexity index is 774. The summed E-state index contributed by atoms with van der Waals surface area (Å²) in [6.07, 6.45) is 0.670. The fourth-order valence-electron chi connectivity index (χ4n) is 2.29. The lowest BCUT2D eigenvalue weighted by atomic mass is 10.0. The summed E-state index contributed by atoms with van der Waals surface area (Å²) in [7, 11) is -3.49. The summed E-state index contributed by atoms with van der Waals surface area (Å²) in [5.41, 5.74) is 2.70. The average Bonchev–Trinajstić information content (AvgIpc) is 2.49. The van der Waals surface area contributed by atoms with Crippen molar-refractivity contribution in [3.63, 3.8) is 0 Å². The van der Waals surface area contributed by atoms with Crippen molar-refractivity contribution in [1.82, 2.24) is 4.72 Å². The van der Waals surface area contributed by atoms with Crippen LogP contribution in [0.1, 0.15) is 36.1 Å². The summed E-state index contributed by atoms with van der Waals surface area (Å²) in [6.45, 7) is 3.95. The second-order valence-electron chi connectivity index (χ2n) is 5.50. The minimum absolute atomic E-state index is 0.133. The van der Waals surface area contributed by atoms with Crippen LogP contribution in [0.4, 0.5) is 0 Å². The topological polar surface area (TPSA) is 46.2 Å². The number of sulfonamides is 1. The third-order valence-corrected chi connectivity index (χ3v) is 5.65. The second-order valence-corrected chi connectivity index (χ2v) is 8.07. The third kappa shape index (κ3) is 5.21. The van der Waals surface area contributed by atoms with Gasteiger partial charge in [0.1, 0.15) is 0 Å². The Morgan fingerprint density at radius 3 is 2.26 bits per heavy atom. The molecule has 1 N–H and O–H groups in total. The molecule has 0 saturated heterocycles. The van der Waals surface area contributed by atoms with Crippen LogP contribution in [0, 0.1) is 6.92 Å². The zero-order chi connectivity index (χ0) is 17.0. The van der Waals surface area contributed by atoms with E-state index in [0.717, 1.165) is 11.1 Å². The van der Waals surface area contributed by atoms with Gasteiger partial charge in [0, 0.05) is 6.04 Å². The van der Waals surface area contributed by atoms with Crippen LogP contribution in [-0.2, 0) is 15.8 Å². The number of benzene rings is 2. The molecule has 0 aromatic heterocycles. The van der Waals surface area contributed by atoms with E-state index in [-0.39, 0.29) is 11.8 Å². The van der Waals surface area contributed by atoms with Crippen LogP contribution in [0.25, 0.3) is 0 Å². The Hall–Kier alpha value is -1.07. The minimum atomic E-state index is -3.49. The van der Waals surface area contributed by atoms with Gasteiger partial charge in [0.05, 0.1) is 15.8 Å². The molecule has 0 aliphatic heterocycles. The van der Waals surface area contributed by atoms with Crippen LogP contribution < -0.4 is 4.72 Å². The molecule has 0 aliphatic rings. The first-order valence-electron chi connectivity index (χ1n) is 7.31. The van der Waals surface area contributed by atoms with Crippen molar-refractivity contribution >= 4 is 33.2 Å². The van der Waals surface area contributed by atoms with Crippen molar-refractivity contribution in [2.75, 3.05) is 0 Å². The van der Waals surface area contributed by atoms with E-state index in [4.69, 9.17) is 23.2 Å². The molecule has 6 heteroatoms. The zero-order valence-corrected chi connectivity index (χ0v) is 15.3. The van der Waals surface area contributed by atoms with E-state index in [1.807, 2.05) is 38.1 Å². The molecule has 2 rings (SSSR count). The zero-order valence-electron chi connectivity index (χ0n) is 13.0. The largest absolute Gasteiger partial charge is 0.216 e. The standard InChI is InChI=1S/C17H19Cl2NO2S/c1-3-17(14-7-4-12(2)5-8-14)20-23(21,22)11-13-6-9-15(18)16(19)10-13/h4-10,17,20H,3,11H2,1-2H3/t17-/m0/s1. The van der Waals surface area contributed by atoms with Crippen molar-refractivity contribution in [2.24, 2.45) is 0 Å².